The van der Waals surface area contributed by atoms with E-state index in [1.807, 2.05) is 18.2 Å². The summed E-state index contributed by atoms with van der Waals surface area (Å²) in [7, 11) is 0. The fourth-order valence-corrected chi connectivity index (χ4v) is 2.60. The molecule has 1 heterocycles. The normalized spacial score (nSPS) is 18.5. The molecule has 1 aliphatic heterocycles. The van der Waals surface area contributed by atoms with Crippen LogP contribution in [0.1, 0.15) is 17.2 Å². The average Bonchev–Trinajstić information content (AvgIpc) is 2.82. The van der Waals surface area contributed by atoms with E-state index in [0.717, 1.165) is 5.69 Å². The SMILES string of the molecule is Cc1ccccc1C1CN=C(N)N1c1ccccc1. The van der Waals surface area contributed by atoms with E-state index in [0.29, 0.717) is 12.5 Å². The van der Waals surface area contributed by atoms with Crippen LogP contribution < -0.4 is 10.6 Å². The standard InChI is InChI=1S/C16H17N3/c1-12-7-5-6-10-14(12)15-11-18-16(17)19(15)13-8-3-2-4-9-13/h2-10,15H,11H2,1H3,(H2,17,18). The number of guanidine groups is 1. The molecule has 2 aromatic carbocycles. The zero-order chi connectivity index (χ0) is 13.2. The van der Waals surface area contributed by atoms with Crippen molar-refractivity contribution in [3.05, 3.63) is 65.7 Å². The van der Waals surface area contributed by atoms with Crippen molar-refractivity contribution < 1.29 is 0 Å². The van der Waals surface area contributed by atoms with Crippen LogP contribution in [-0.2, 0) is 0 Å². The third kappa shape index (κ3) is 2.08. The summed E-state index contributed by atoms with van der Waals surface area (Å²) in [4.78, 5) is 6.53. The van der Waals surface area contributed by atoms with E-state index in [1.165, 1.54) is 11.1 Å². The van der Waals surface area contributed by atoms with Gasteiger partial charge in [-0.3, -0.25) is 4.99 Å². The van der Waals surface area contributed by atoms with E-state index in [1.54, 1.807) is 0 Å². The van der Waals surface area contributed by atoms with Crippen LogP contribution in [0.15, 0.2) is 59.6 Å². The zero-order valence-electron chi connectivity index (χ0n) is 11.0. The predicted octanol–water partition coefficient (Wildman–Crippen LogP) is 2.87. The molecule has 0 radical (unpaired) electrons. The van der Waals surface area contributed by atoms with Crippen molar-refractivity contribution >= 4 is 11.6 Å². The number of aryl methyl sites for hydroxylation is 1. The molecule has 19 heavy (non-hydrogen) atoms. The molecule has 1 aliphatic rings. The Balaban J connectivity index is 2.02. The summed E-state index contributed by atoms with van der Waals surface area (Å²) < 4.78 is 0. The second-order valence-electron chi connectivity index (χ2n) is 4.78. The summed E-state index contributed by atoms with van der Waals surface area (Å²) >= 11 is 0. The van der Waals surface area contributed by atoms with Gasteiger partial charge in [0.2, 0.25) is 0 Å². The second-order valence-corrected chi connectivity index (χ2v) is 4.78. The first-order valence-electron chi connectivity index (χ1n) is 6.47. The summed E-state index contributed by atoms with van der Waals surface area (Å²) in [5, 5.41) is 0. The van der Waals surface area contributed by atoms with Gasteiger partial charge in [0.05, 0.1) is 12.6 Å². The molecule has 96 valence electrons. The van der Waals surface area contributed by atoms with Gasteiger partial charge in [0, 0.05) is 5.69 Å². The molecular formula is C16H17N3. The highest BCUT2D eigenvalue weighted by molar-refractivity contribution is 5.97. The van der Waals surface area contributed by atoms with Gasteiger partial charge in [0.1, 0.15) is 0 Å². The van der Waals surface area contributed by atoms with Crippen molar-refractivity contribution in [1.29, 1.82) is 0 Å². The first-order valence-corrected chi connectivity index (χ1v) is 6.47. The van der Waals surface area contributed by atoms with E-state index in [2.05, 4.69) is 53.2 Å². The Kier molecular flexibility index (Phi) is 2.95. The number of aliphatic imine (C=N–C) groups is 1. The van der Waals surface area contributed by atoms with Gasteiger partial charge in [-0.2, -0.15) is 0 Å². The maximum Gasteiger partial charge on any atom is 0.196 e. The molecule has 0 fully saturated rings. The Bertz CT molecular complexity index is 604. The van der Waals surface area contributed by atoms with Gasteiger partial charge in [-0.15, -0.1) is 0 Å². The number of rotatable bonds is 2. The second kappa shape index (κ2) is 4.76. The lowest BCUT2D eigenvalue weighted by Crippen LogP contribution is -2.36. The Hall–Kier alpha value is -2.29. The van der Waals surface area contributed by atoms with Crippen LogP contribution in [0, 0.1) is 6.92 Å². The molecule has 3 rings (SSSR count). The Labute approximate surface area is 113 Å². The quantitative estimate of drug-likeness (QED) is 0.891. The minimum Gasteiger partial charge on any atom is -0.369 e. The van der Waals surface area contributed by atoms with Crippen molar-refractivity contribution in [3.8, 4) is 0 Å². The number of anilines is 1. The molecule has 1 unspecified atom stereocenters. The van der Waals surface area contributed by atoms with Crippen LogP contribution in [0.3, 0.4) is 0 Å². The van der Waals surface area contributed by atoms with Crippen LogP contribution in [0.25, 0.3) is 0 Å². The lowest BCUT2D eigenvalue weighted by molar-refractivity contribution is 0.762. The van der Waals surface area contributed by atoms with Crippen molar-refractivity contribution in [1.82, 2.24) is 0 Å². The van der Waals surface area contributed by atoms with Crippen LogP contribution in [0.2, 0.25) is 0 Å². The van der Waals surface area contributed by atoms with Crippen LogP contribution >= 0.6 is 0 Å². The summed E-state index contributed by atoms with van der Waals surface area (Å²) in [6.07, 6.45) is 0. The van der Waals surface area contributed by atoms with E-state index in [-0.39, 0.29) is 6.04 Å². The van der Waals surface area contributed by atoms with Crippen LogP contribution in [-0.4, -0.2) is 12.5 Å². The number of nitrogens with zero attached hydrogens (tertiary/aromatic N) is 2. The molecule has 0 saturated carbocycles. The van der Waals surface area contributed by atoms with Gasteiger partial charge in [-0.1, -0.05) is 42.5 Å². The van der Waals surface area contributed by atoms with Crippen LogP contribution in [0.4, 0.5) is 5.69 Å². The molecular weight excluding hydrogens is 234 g/mol. The molecule has 0 aromatic heterocycles. The van der Waals surface area contributed by atoms with E-state index >= 15 is 0 Å². The van der Waals surface area contributed by atoms with Crippen molar-refractivity contribution in [3.63, 3.8) is 0 Å². The zero-order valence-corrected chi connectivity index (χ0v) is 11.0. The number of benzene rings is 2. The molecule has 3 heteroatoms. The van der Waals surface area contributed by atoms with E-state index in [4.69, 9.17) is 5.73 Å². The third-order valence-corrected chi connectivity index (χ3v) is 3.57. The highest BCUT2D eigenvalue weighted by Crippen LogP contribution is 2.32. The molecule has 0 amide bonds. The summed E-state index contributed by atoms with van der Waals surface area (Å²) in [5.74, 6) is 0.597. The monoisotopic (exact) mass is 251 g/mol. The van der Waals surface area contributed by atoms with Gasteiger partial charge < -0.3 is 10.6 Å². The minimum absolute atomic E-state index is 0.198. The summed E-state index contributed by atoms with van der Waals surface area (Å²) in [6.45, 7) is 2.85. The maximum atomic E-state index is 6.06. The molecule has 3 nitrogen and oxygen atoms in total. The number of hydrogen-bond donors (Lipinski definition) is 1. The van der Waals surface area contributed by atoms with E-state index in [9.17, 15) is 0 Å². The Morgan fingerprint density at radius 2 is 1.74 bits per heavy atom. The lowest BCUT2D eigenvalue weighted by atomic mass is 10.0. The molecule has 2 aromatic rings. The third-order valence-electron chi connectivity index (χ3n) is 3.57. The first kappa shape index (κ1) is 11.8. The minimum atomic E-state index is 0.198. The van der Waals surface area contributed by atoms with Gasteiger partial charge in [-0.05, 0) is 30.2 Å². The van der Waals surface area contributed by atoms with Gasteiger partial charge in [0.15, 0.2) is 5.96 Å². The predicted molar refractivity (Wildman–Crippen MR) is 79.3 cm³/mol. The number of nitrogens with two attached hydrogens (primary N) is 1. The first-order chi connectivity index (χ1) is 9.27. The molecule has 1 atom stereocenters. The number of hydrogen-bond acceptors (Lipinski definition) is 3. The Morgan fingerprint density at radius 3 is 2.47 bits per heavy atom. The topological polar surface area (TPSA) is 41.6 Å². The average molecular weight is 251 g/mol. The van der Waals surface area contributed by atoms with Crippen molar-refractivity contribution in [2.24, 2.45) is 10.7 Å². The Morgan fingerprint density at radius 1 is 1.05 bits per heavy atom. The fraction of sp³-hybridized carbons (Fsp3) is 0.188. The van der Waals surface area contributed by atoms with Gasteiger partial charge in [0.25, 0.3) is 0 Å². The molecule has 2 N–H and O–H groups in total. The highest BCUT2D eigenvalue weighted by atomic mass is 15.3. The van der Waals surface area contributed by atoms with Crippen molar-refractivity contribution in [2.45, 2.75) is 13.0 Å². The molecule has 0 spiro atoms. The summed E-state index contributed by atoms with van der Waals surface area (Å²) in [5.41, 5.74) is 9.72. The molecule has 0 bridgehead atoms. The van der Waals surface area contributed by atoms with Crippen molar-refractivity contribution in [2.75, 3.05) is 11.4 Å². The molecule has 0 aliphatic carbocycles. The summed E-state index contributed by atoms with van der Waals surface area (Å²) in [6, 6.07) is 18.8. The largest absolute Gasteiger partial charge is 0.369 e. The highest BCUT2D eigenvalue weighted by Gasteiger charge is 2.29. The smallest absolute Gasteiger partial charge is 0.196 e. The lowest BCUT2D eigenvalue weighted by Gasteiger charge is -2.27. The van der Waals surface area contributed by atoms with Crippen LogP contribution in [0.5, 0.6) is 0 Å². The fourth-order valence-electron chi connectivity index (χ4n) is 2.60. The van der Waals surface area contributed by atoms with Gasteiger partial charge >= 0.3 is 0 Å². The molecule has 0 saturated heterocycles. The number of para-hydroxylation sites is 1. The van der Waals surface area contributed by atoms with E-state index < -0.39 is 0 Å². The van der Waals surface area contributed by atoms with Gasteiger partial charge in [-0.25, -0.2) is 0 Å². The maximum absolute atomic E-state index is 6.06.